The minimum absolute atomic E-state index is 0.347. The molecule has 3 aromatic rings. The molecule has 0 aliphatic heterocycles. The lowest BCUT2D eigenvalue weighted by Crippen LogP contribution is -2.00. The van der Waals surface area contributed by atoms with E-state index in [4.69, 9.17) is 14.2 Å². The molecule has 128 valence electrons. The summed E-state index contributed by atoms with van der Waals surface area (Å²) in [5, 5.41) is 0.835. The Balaban J connectivity index is 1.93. The zero-order valence-electron chi connectivity index (χ0n) is 14.3. The van der Waals surface area contributed by atoms with Crippen molar-refractivity contribution < 1.29 is 19.0 Å². The highest BCUT2D eigenvalue weighted by atomic mass is 16.5. The van der Waals surface area contributed by atoms with E-state index in [2.05, 4.69) is 4.98 Å². The van der Waals surface area contributed by atoms with Gasteiger partial charge < -0.3 is 19.2 Å². The summed E-state index contributed by atoms with van der Waals surface area (Å²) in [6, 6.07) is 13.1. The van der Waals surface area contributed by atoms with Crippen molar-refractivity contribution in [3.8, 4) is 11.5 Å². The van der Waals surface area contributed by atoms with Gasteiger partial charge in [-0.3, -0.25) is 0 Å². The molecule has 1 N–H and O–H groups in total. The molecule has 5 nitrogen and oxygen atoms in total. The number of fused-ring (bicyclic) bond motifs is 1. The number of rotatable bonds is 5. The summed E-state index contributed by atoms with van der Waals surface area (Å²) in [6.07, 6.45) is 3.91. The largest absolute Gasteiger partial charge is 0.493 e. The third kappa shape index (κ3) is 3.35. The number of ether oxygens (including phenoxy) is 3. The van der Waals surface area contributed by atoms with E-state index in [1.54, 1.807) is 20.3 Å². The van der Waals surface area contributed by atoms with Crippen molar-refractivity contribution in [2.45, 2.75) is 0 Å². The molecule has 0 bridgehead atoms. The number of aromatic amines is 1. The van der Waals surface area contributed by atoms with E-state index < -0.39 is 0 Å². The first-order valence-electron chi connectivity index (χ1n) is 7.76. The molecular formula is C20H19NO4. The smallest absolute Gasteiger partial charge is 0.338 e. The van der Waals surface area contributed by atoms with E-state index in [0.717, 1.165) is 22.2 Å². The molecular weight excluding hydrogens is 318 g/mol. The number of hydrogen-bond acceptors (Lipinski definition) is 4. The lowest BCUT2D eigenvalue weighted by Gasteiger charge is -2.07. The molecule has 1 aromatic heterocycles. The summed E-state index contributed by atoms with van der Waals surface area (Å²) >= 11 is 0. The highest BCUT2D eigenvalue weighted by molar-refractivity contribution is 6.04. The summed E-state index contributed by atoms with van der Waals surface area (Å²) in [5.74, 6) is 1.02. The second-order valence-electron chi connectivity index (χ2n) is 5.43. The fraction of sp³-hybridized carbons (Fsp3) is 0.150. The van der Waals surface area contributed by atoms with Gasteiger partial charge in [0.05, 0.1) is 26.9 Å². The Bertz CT molecular complexity index is 940. The van der Waals surface area contributed by atoms with Crippen LogP contribution in [-0.2, 0) is 4.74 Å². The predicted octanol–water partition coefficient (Wildman–Crippen LogP) is 4.14. The molecule has 0 saturated heterocycles. The first-order chi connectivity index (χ1) is 12.2. The van der Waals surface area contributed by atoms with E-state index in [-0.39, 0.29) is 5.97 Å². The maximum atomic E-state index is 11.9. The summed E-state index contributed by atoms with van der Waals surface area (Å²) in [4.78, 5) is 15.2. The minimum atomic E-state index is -0.347. The Kier molecular flexibility index (Phi) is 4.75. The molecule has 0 aliphatic carbocycles. The monoisotopic (exact) mass is 337 g/mol. The average molecular weight is 337 g/mol. The SMILES string of the molecule is COC(=O)c1cccc2[nH]c(/C=C/c3ccc(OC)c(OC)c3)cc12. The van der Waals surface area contributed by atoms with Crippen LogP contribution in [0.15, 0.2) is 42.5 Å². The number of aromatic nitrogens is 1. The van der Waals surface area contributed by atoms with Crippen LogP contribution in [0.4, 0.5) is 0 Å². The first-order valence-corrected chi connectivity index (χ1v) is 7.76. The van der Waals surface area contributed by atoms with E-state index in [0.29, 0.717) is 17.1 Å². The van der Waals surface area contributed by atoms with Crippen molar-refractivity contribution in [3.05, 3.63) is 59.3 Å². The van der Waals surface area contributed by atoms with Gasteiger partial charge in [-0.15, -0.1) is 0 Å². The van der Waals surface area contributed by atoms with Crippen LogP contribution in [0.5, 0.6) is 11.5 Å². The van der Waals surface area contributed by atoms with Crippen molar-refractivity contribution >= 4 is 29.0 Å². The molecule has 0 saturated carbocycles. The van der Waals surface area contributed by atoms with Gasteiger partial charge in [-0.25, -0.2) is 4.79 Å². The van der Waals surface area contributed by atoms with E-state index in [1.165, 1.54) is 7.11 Å². The average Bonchev–Trinajstić information content (AvgIpc) is 3.08. The molecule has 0 spiro atoms. The van der Waals surface area contributed by atoms with Gasteiger partial charge in [0.25, 0.3) is 0 Å². The van der Waals surface area contributed by atoms with Gasteiger partial charge in [-0.2, -0.15) is 0 Å². The normalized spacial score (nSPS) is 11.0. The van der Waals surface area contributed by atoms with Crippen LogP contribution in [0.1, 0.15) is 21.6 Å². The molecule has 0 unspecified atom stereocenters. The zero-order valence-corrected chi connectivity index (χ0v) is 14.3. The summed E-state index contributed by atoms with van der Waals surface area (Å²) in [6.45, 7) is 0. The van der Waals surface area contributed by atoms with Crippen molar-refractivity contribution in [3.63, 3.8) is 0 Å². The van der Waals surface area contributed by atoms with Crippen molar-refractivity contribution in [1.29, 1.82) is 0 Å². The number of hydrogen-bond donors (Lipinski definition) is 1. The number of benzene rings is 2. The van der Waals surface area contributed by atoms with Crippen molar-refractivity contribution in [1.82, 2.24) is 4.98 Å². The molecule has 25 heavy (non-hydrogen) atoms. The van der Waals surface area contributed by atoms with Crippen LogP contribution < -0.4 is 9.47 Å². The standard InChI is InChI=1S/C20H19NO4/c1-23-18-10-8-13(11-19(18)24-2)7-9-14-12-16-15(20(22)25-3)5-4-6-17(16)21-14/h4-12,21H,1-3H3/b9-7+. The van der Waals surface area contributed by atoms with Gasteiger partial charge in [-0.05, 0) is 42.0 Å². The third-order valence-electron chi connectivity index (χ3n) is 3.95. The molecule has 0 aliphatic rings. The van der Waals surface area contributed by atoms with Crippen LogP contribution in [0.25, 0.3) is 23.1 Å². The summed E-state index contributed by atoms with van der Waals surface area (Å²) in [5.41, 5.74) is 3.29. The quantitative estimate of drug-likeness (QED) is 0.711. The molecule has 5 heteroatoms. The highest BCUT2D eigenvalue weighted by Crippen LogP contribution is 2.28. The van der Waals surface area contributed by atoms with Crippen LogP contribution >= 0.6 is 0 Å². The number of carbonyl (C=O) groups is 1. The molecule has 2 aromatic carbocycles. The highest BCUT2D eigenvalue weighted by Gasteiger charge is 2.11. The van der Waals surface area contributed by atoms with Gasteiger partial charge in [0, 0.05) is 16.6 Å². The molecule has 1 heterocycles. The molecule has 0 amide bonds. The lowest BCUT2D eigenvalue weighted by molar-refractivity contribution is 0.0603. The van der Waals surface area contributed by atoms with Gasteiger partial charge >= 0.3 is 5.97 Å². The number of H-pyrrole nitrogens is 1. The fourth-order valence-corrected chi connectivity index (χ4v) is 2.70. The Morgan fingerprint density at radius 1 is 0.960 bits per heavy atom. The van der Waals surface area contributed by atoms with E-state index >= 15 is 0 Å². The van der Waals surface area contributed by atoms with Gasteiger partial charge in [0.2, 0.25) is 0 Å². The second kappa shape index (κ2) is 7.13. The van der Waals surface area contributed by atoms with Gasteiger partial charge in [0.1, 0.15) is 0 Å². The lowest BCUT2D eigenvalue weighted by atomic mass is 10.1. The Labute approximate surface area is 145 Å². The molecule has 0 radical (unpaired) electrons. The van der Waals surface area contributed by atoms with Crippen LogP contribution in [0, 0.1) is 0 Å². The molecule has 0 atom stereocenters. The number of esters is 1. The number of methoxy groups -OCH3 is 3. The van der Waals surface area contributed by atoms with Crippen LogP contribution in [0.2, 0.25) is 0 Å². The maximum Gasteiger partial charge on any atom is 0.338 e. The second-order valence-corrected chi connectivity index (χ2v) is 5.43. The molecule has 3 rings (SSSR count). The predicted molar refractivity (Wildman–Crippen MR) is 98.1 cm³/mol. The Morgan fingerprint density at radius 2 is 1.76 bits per heavy atom. The Morgan fingerprint density at radius 3 is 2.48 bits per heavy atom. The van der Waals surface area contributed by atoms with Crippen molar-refractivity contribution in [2.75, 3.05) is 21.3 Å². The Hall–Kier alpha value is -3.21. The van der Waals surface area contributed by atoms with Crippen LogP contribution in [-0.4, -0.2) is 32.3 Å². The first kappa shape index (κ1) is 16.6. The maximum absolute atomic E-state index is 11.9. The summed E-state index contributed by atoms with van der Waals surface area (Å²) < 4.78 is 15.4. The van der Waals surface area contributed by atoms with E-state index in [9.17, 15) is 4.79 Å². The molecule has 0 fully saturated rings. The fourth-order valence-electron chi connectivity index (χ4n) is 2.70. The van der Waals surface area contributed by atoms with Gasteiger partial charge in [-0.1, -0.05) is 18.2 Å². The van der Waals surface area contributed by atoms with Crippen molar-refractivity contribution in [2.24, 2.45) is 0 Å². The van der Waals surface area contributed by atoms with Crippen LogP contribution in [0.3, 0.4) is 0 Å². The number of carbonyl (C=O) groups excluding carboxylic acids is 1. The van der Waals surface area contributed by atoms with Gasteiger partial charge in [0.15, 0.2) is 11.5 Å². The third-order valence-corrected chi connectivity index (χ3v) is 3.95. The topological polar surface area (TPSA) is 60.6 Å². The number of nitrogens with one attached hydrogen (secondary N) is 1. The minimum Gasteiger partial charge on any atom is -0.493 e. The zero-order chi connectivity index (χ0) is 17.8. The van der Waals surface area contributed by atoms with E-state index in [1.807, 2.05) is 48.6 Å². The summed E-state index contributed by atoms with van der Waals surface area (Å²) in [7, 11) is 4.60.